The van der Waals surface area contributed by atoms with Crippen LogP contribution in [0.4, 0.5) is 4.79 Å². The zero-order valence-corrected chi connectivity index (χ0v) is 12.2. The minimum absolute atomic E-state index is 0.203. The molecule has 7 nitrogen and oxygen atoms in total. The summed E-state index contributed by atoms with van der Waals surface area (Å²) in [7, 11) is 0. The highest BCUT2D eigenvalue weighted by Gasteiger charge is 2.32. The van der Waals surface area contributed by atoms with E-state index in [0.29, 0.717) is 12.8 Å². The van der Waals surface area contributed by atoms with Crippen LogP contribution in [0.3, 0.4) is 0 Å². The molecule has 7 heteroatoms. The van der Waals surface area contributed by atoms with Gasteiger partial charge in [0, 0.05) is 12.1 Å². The van der Waals surface area contributed by atoms with Crippen LogP contribution in [0.1, 0.15) is 45.4 Å². The topological polar surface area (TPSA) is 108 Å². The van der Waals surface area contributed by atoms with E-state index in [9.17, 15) is 14.4 Å². The van der Waals surface area contributed by atoms with Crippen LogP contribution < -0.4 is 16.0 Å². The van der Waals surface area contributed by atoms with Crippen LogP contribution in [0.2, 0.25) is 0 Å². The van der Waals surface area contributed by atoms with Gasteiger partial charge < -0.3 is 21.1 Å². The molecule has 0 aromatic rings. The second kappa shape index (κ2) is 6.78. The Labute approximate surface area is 123 Å². The fraction of sp³-hybridized carbons (Fsp3) is 0.786. The molecule has 118 valence electrons. The highest BCUT2D eigenvalue weighted by Crippen LogP contribution is 2.24. The third kappa shape index (κ3) is 4.61. The highest BCUT2D eigenvalue weighted by molar-refractivity contribution is 5.87. The number of amides is 3. The van der Waals surface area contributed by atoms with Crippen molar-refractivity contribution in [2.45, 2.75) is 63.6 Å². The number of carboxylic acids is 1. The van der Waals surface area contributed by atoms with E-state index < -0.39 is 24.0 Å². The number of rotatable bonds is 5. The van der Waals surface area contributed by atoms with Crippen molar-refractivity contribution in [1.82, 2.24) is 16.0 Å². The van der Waals surface area contributed by atoms with Gasteiger partial charge in [-0.25, -0.2) is 4.79 Å². The van der Waals surface area contributed by atoms with E-state index in [2.05, 4.69) is 16.0 Å². The number of aliphatic carboxylic acids is 1. The lowest BCUT2D eigenvalue weighted by Gasteiger charge is -2.29. The molecule has 0 spiro atoms. The number of carboxylic acid groups (broad SMARTS) is 1. The molecule has 0 saturated heterocycles. The lowest BCUT2D eigenvalue weighted by atomic mass is 9.84. The molecule has 2 saturated carbocycles. The molecule has 0 aromatic heterocycles. The van der Waals surface area contributed by atoms with Crippen molar-refractivity contribution in [2.24, 2.45) is 5.92 Å². The maximum absolute atomic E-state index is 11.9. The van der Waals surface area contributed by atoms with E-state index in [4.69, 9.17) is 5.11 Å². The Morgan fingerprint density at radius 1 is 1.05 bits per heavy atom. The maximum Gasteiger partial charge on any atom is 0.315 e. The largest absolute Gasteiger partial charge is 0.481 e. The molecule has 2 aliphatic rings. The Kier molecular flexibility index (Phi) is 5.03. The second-order valence-corrected chi connectivity index (χ2v) is 5.96. The van der Waals surface area contributed by atoms with Crippen molar-refractivity contribution in [3.63, 3.8) is 0 Å². The Morgan fingerprint density at radius 2 is 1.71 bits per heavy atom. The van der Waals surface area contributed by atoms with Gasteiger partial charge in [-0.3, -0.25) is 9.59 Å². The minimum atomic E-state index is -0.875. The zero-order valence-electron chi connectivity index (χ0n) is 12.2. The fourth-order valence-corrected chi connectivity index (χ4v) is 2.63. The molecule has 2 aliphatic carbocycles. The first kappa shape index (κ1) is 15.6. The number of hydrogen-bond donors (Lipinski definition) is 4. The van der Waals surface area contributed by atoms with Crippen molar-refractivity contribution in [3.8, 4) is 0 Å². The van der Waals surface area contributed by atoms with E-state index in [-0.39, 0.29) is 18.0 Å². The van der Waals surface area contributed by atoms with Gasteiger partial charge in [0.15, 0.2) is 0 Å². The summed E-state index contributed by atoms with van der Waals surface area (Å²) in [5, 5.41) is 17.2. The second-order valence-electron chi connectivity index (χ2n) is 5.96. The van der Waals surface area contributed by atoms with Crippen molar-refractivity contribution < 1.29 is 19.5 Å². The first-order valence-corrected chi connectivity index (χ1v) is 7.57. The van der Waals surface area contributed by atoms with Gasteiger partial charge >= 0.3 is 12.0 Å². The highest BCUT2D eigenvalue weighted by atomic mass is 16.4. The normalized spacial score (nSPS) is 26.5. The average molecular weight is 297 g/mol. The van der Waals surface area contributed by atoms with E-state index in [1.807, 2.05) is 0 Å². The third-order valence-corrected chi connectivity index (χ3v) is 4.06. The molecule has 21 heavy (non-hydrogen) atoms. The fourth-order valence-electron chi connectivity index (χ4n) is 2.63. The van der Waals surface area contributed by atoms with Crippen molar-refractivity contribution in [3.05, 3.63) is 0 Å². The van der Waals surface area contributed by atoms with Gasteiger partial charge in [0.25, 0.3) is 0 Å². The van der Waals surface area contributed by atoms with Crippen molar-refractivity contribution in [1.29, 1.82) is 0 Å². The van der Waals surface area contributed by atoms with Crippen LogP contribution in [0.25, 0.3) is 0 Å². The van der Waals surface area contributed by atoms with Crippen LogP contribution in [0.15, 0.2) is 0 Å². The Bertz CT molecular complexity index is 422. The van der Waals surface area contributed by atoms with E-state index in [0.717, 1.165) is 25.7 Å². The van der Waals surface area contributed by atoms with Crippen molar-refractivity contribution >= 4 is 17.9 Å². The molecule has 0 radical (unpaired) electrons. The van der Waals surface area contributed by atoms with E-state index in [1.165, 1.54) is 0 Å². The Morgan fingerprint density at radius 3 is 2.33 bits per heavy atom. The Hall–Kier alpha value is -1.79. The van der Waals surface area contributed by atoms with Gasteiger partial charge in [0.2, 0.25) is 5.91 Å². The molecule has 2 fully saturated rings. The summed E-state index contributed by atoms with van der Waals surface area (Å²) in [5.41, 5.74) is 0. The minimum Gasteiger partial charge on any atom is -0.481 e. The number of carbonyl (C=O) groups excluding carboxylic acids is 2. The standard InChI is InChI=1S/C14H23N3O4/c1-8(12(18)16-9-6-7-9)15-14(21)17-11-5-3-2-4-10(11)13(19)20/h8-11H,2-7H2,1H3,(H,16,18)(H,19,20)(H2,15,17,21). The number of hydrogen-bond acceptors (Lipinski definition) is 3. The summed E-state index contributed by atoms with van der Waals surface area (Å²) in [6.45, 7) is 1.62. The monoisotopic (exact) mass is 297 g/mol. The molecular formula is C14H23N3O4. The molecule has 3 atom stereocenters. The first-order chi connectivity index (χ1) is 9.97. The number of nitrogens with one attached hydrogen (secondary N) is 3. The summed E-state index contributed by atoms with van der Waals surface area (Å²) in [5.74, 6) is -1.62. The van der Waals surface area contributed by atoms with Gasteiger partial charge in [0.1, 0.15) is 6.04 Å². The van der Waals surface area contributed by atoms with Gasteiger partial charge in [-0.1, -0.05) is 12.8 Å². The first-order valence-electron chi connectivity index (χ1n) is 7.57. The van der Waals surface area contributed by atoms with E-state index in [1.54, 1.807) is 6.92 Å². The van der Waals surface area contributed by atoms with Crippen LogP contribution in [-0.2, 0) is 9.59 Å². The number of carbonyl (C=O) groups is 3. The summed E-state index contributed by atoms with van der Waals surface area (Å²) >= 11 is 0. The molecular weight excluding hydrogens is 274 g/mol. The quantitative estimate of drug-likeness (QED) is 0.596. The molecule has 3 amide bonds. The number of urea groups is 1. The summed E-state index contributed by atoms with van der Waals surface area (Å²) in [6, 6.07) is -1.22. The van der Waals surface area contributed by atoms with Gasteiger partial charge in [-0.15, -0.1) is 0 Å². The SMILES string of the molecule is CC(NC(=O)NC1CCCCC1C(=O)O)C(=O)NC1CC1. The molecule has 0 bridgehead atoms. The Balaban J connectivity index is 1.79. The van der Waals surface area contributed by atoms with Gasteiger partial charge in [0.05, 0.1) is 5.92 Å². The molecule has 3 unspecified atom stereocenters. The predicted octanol–water partition coefficient (Wildman–Crippen LogP) is 0.596. The van der Waals surface area contributed by atoms with E-state index >= 15 is 0 Å². The smallest absolute Gasteiger partial charge is 0.315 e. The molecule has 4 N–H and O–H groups in total. The maximum atomic E-state index is 11.9. The van der Waals surface area contributed by atoms with Gasteiger partial charge in [-0.2, -0.15) is 0 Å². The van der Waals surface area contributed by atoms with Crippen LogP contribution in [-0.4, -0.2) is 41.1 Å². The lowest BCUT2D eigenvalue weighted by molar-refractivity contribution is -0.143. The third-order valence-electron chi connectivity index (χ3n) is 4.06. The van der Waals surface area contributed by atoms with Crippen LogP contribution in [0, 0.1) is 5.92 Å². The zero-order chi connectivity index (χ0) is 15.4. The average Bonchev–Trinajstić information content (AvgIpc) is 3.22. The molecule has 0 aliphatic heterocycles. The molecule has 0 heterocycles. The van der Waals surface area contributed by atoms with Gasteiger partial charge in [-0.05, 0) is 32.6 Å². The predicted molar refractivity (Wildman–Crippen MR) is 75.7 cm³/mol. The molecule has 0 aromatic carbocycles. The van der Waals surface area contributed by atoms with Crippen molar-refractivity contribution in [2.75, 3.05) is 0 Å². The van der Waals surface area contributed by atoms with Crippen LogP contribution in [0.5, 0.6) is 0 Å². The van der Waals surface area contributed by atoms with Crippen LogP contribution >= 0.6 is 0 Å². The summed E-state index contributed by atoms with van der Waals surface area (Å²) in [6.07, 6.45) is 5.01. The molecule has 2 rings (SSSR count). The summed E-state index contributed by atoms with van der Waals surface area (Å²) < 4.78 is 0. The summed E-state index contributed by atoms with van der Waals surface area (Å²) in [4.78, 5) is 34.8. The lowest BCUT2D eigenvalue weighted by Crippen LogP contribution is -2.53.